The number of aliphatic hydroxyl groups is 1. The minimum atomic E-state index is -0.839. The van der Waals surface area contributed by atoms with Gasteiger partial charge in [0.1, 0.15) is 6.10 Å². The molecule has 0 fully saturated rings. The highest BCUT2D eigenvalue weighted by Crippen LogP contribution is 2.37. The zero-order valence-electron chi connectivity index (χ0n) is 11.3. The predicted octanol–water partition coefficient (Wildman–Crippen LogP) is 3.99. The molecular formula is C16H13BrClNO2. The maximum Gasteiger partial charge on any atom is 0.228 e. The number of fused-ring (bicyclic) bond motifs is 1. The van der Waals surface area contributed by atoms with Gasteiger partial charge in [0.25, 0.3) is 0 Å². The summed E-state index contributed by atoms with van der Waals surface area (Å²) in [6.45, 7) is 1.99. The number of aryl methyl sites for hydroxylation is 1. The summed E-state index contributed by atoms with van der Waals surface area (Å²) in [4.78, 5) is 11.4. The van der Waals surface area contributed by atoms with Gasteiger partial charge >= 0.3 is 0 Å². The molecule has 0 saturated heterocycles. The fourth-order valence-electron chi connectivity index (χ4n) is 2.50. The first kappa shape index (κ1) is 14.6. The summed E-state index contributed by atoms with van der Waals surface area (Å²) >= 11 is 9.73. The Morgan fingerprint density at radius 3 is 2.76 bits per heavy atom. The van der Waals surface area contributed by atoms with E-state index in [1.807, 2.05) is 25.1 Å². The van der Waals surface area contributed by atoms with E-state index in [4.69, 9.17) is 11.6 Å². The lowest BCUT2D eigenvalue weighted by Crippen LogP contribution is -2.03. The van der Waals surface area contributed by atoms with Gasteiger partial charge in [-0.3, -0.25) is 4.79 Å². The van der Waals surface area contributed by atoms with Gasteiger partial charge in [-0.2, -0.15) is 0 Å². The molecule has 2 aromatic rings. The highest BCUT2D eigenvalue weighted by molar-refractivity contribution is 9.10. The van der Waals surface area contributed by atoms with E-state index in [1.54, 1.807) is 12.1 Å². The van der Waals surface area contributed by atoms with Crippen molar-refractivity contribution in [2.45, 2.75) is 19.4 Å². The number of anilines is 1. The number of hydrogen-bond acceptors (Lipinski definition) is 2. The number of rotatable bonds is 2. The van der Waals surface area contributed by atoms with Crippen molar-refractivity contribution in [3.8, 4) is 0 Å². The average Bonchev–Trinajstić information content (AvgIpc) is 2.76. The Hall–Kier alpha value is -1.36. The quantitative estimate of drug-likeness (QED) is 0.844. The summed E-state index contributed by atoms with van der Waals surface area (Å²) in [5, 5.41) is 13.8. The highest BCUT2D eigenvalue weighted by atomic mass is 79.9. The van der Waals surface area contributed by atoms with Gasteiger partial charge in [0.05, 0.1) is 6.42 Å². The number of carbonyl (C=O) groups is 1. The number of hydrogen-bond donors (Lipinski definition) is 2. The van der Waals surface area contributed by atoms with Gasteiger partial charge in [0.2, 0.25) is 5.91 Å². The van der Waals surface area contributed by atoms with Crippen molar-refractivity contribution in [3.63, 3.8) is 0 Å². The lowest BCUT2D eigenvalue weighted by Gasteiger charge is -2.16. The molecule has 1 heterocycles. The smallest absolute Gasteiger partial charge is 0.228 e. The van der Waals surface area contributed by atoms with E-state index in [0.29, 0.717) is 17.0 Å². The first-order valence-electron chi connectivity index (χ1n) is 6.52. The third-order valence-electron chi connectivity index (χ3n) is 3.59. The van der Waals surface area contributed by atoms with Gasteiger partial charge in [-0.25, -0.2) is 0 Å². The summed E-state index contributed by atoms with van der Waals surface area (Å²) in [7, 11) is 0. The minimum Gasteiger partial charge on any atom is -0.384 e. The number of benzene rings is 2. The van der Waals surface area contributed by atoms with E-state index < -0.39 is 6.10 Å². The second-order valence-corrected chi connectivity index (χ2v) is 6.44. The Morgan fingerprint density at radius 2 is 2.05 bits per heavy atom. The van der Waals surface area contributed by atoms with Gasteiger partial charge in [0.15, 0.2) is 0 Å². The summed E-state index contributed by atoms with van der Waals surface area (Å²) < 4.78 is 0.834. The standard InChI is InChI=1S/C16H13BrClNO2/c1-8-2-3-10(12(17)4-8)16(21)11-5-9-6-15(20)19-14(9)7-13(11)18/h2-5,7,16,21H,6H2,1H3,(H,19,20). The summed E-state index contributed by atoms with van der Waals surface area (Å²) in [6.07, 6.45) is -0.519. The molecule has 3 rings (SSSR count). The maximum absolute atomic E-state index is 11.4. The molecule has 1 aliphatic heterocycles. The summed E-state index contributed by atoms with van der Waals surface area (Å²) in [5.74, 6) is -0.0516. The van der Waals surface area contributed by atoms with E-state index in [2.05, 4.69) is 21.2 Å². The van der Waals surface area contributed by atoms with E-state index in [0.717, 1.165) is 26.9 Å². The van der Waals surface area contributed by atoms with Crippen LogP contribution in [0.1, 0.15) is 28.4 Å². The van der Waals surface area contributed by atoms with Crippen molar-refractivity contribution < 1.29 is 9.90 Å². The fraction of sp³-hybridized carbons (Fsp3) is 0.188. The number of amides is 1. The Bertz CT molecular complexity index is 745. The lowest BCUT2D eigenvalue weighted by atomic mass is 9.98. The number of carbonyl (C=O) groups excluding carboxylic acids is 1. The molecule has 0 bridgehead atoms. The molecule has 1 unspecified atom stereocenters. The molecule has 1 amide bonds. The Labute approximate surface area is 136 Å². The van der Waals surface area contributed by atoms with Crippen LogP contribution in [0.2, 0.25) is 5.02 Å². The molecule has 0 aromatic heterocycles. The van der Waals surface area contributed by atoms with Crippen LogP contribution in [0.15, 0.2) is 34.8 Å². The van der Waals surface area contributed by atoms with Crippen LogP contribution in [-0.4, -0.2) is 11.0 Å². The van der Waals surface area contributed by atoms with Crippen LogP contribution in [0.3, 0.4) is 0 Å². The molecule has 3 nitrogen and oxygen atoms in total. The Balaban J connectivity index is 2.04. The molecule has 21 heavy (non-hydrogen) atoms. The van der Waals surface area contributed by atoms with Crippen LogP contribution in [0.4, 0.5) is 5.69 Å². The molecule has 2 aromatic carbocycles. The second kappa shape index (κ2) is 5.44. The molecule has 0 aliphatic carbocycles. The van der Waals surface area contributed by atoms with E-state index in [-0.39, 0.29) is 5.91 Å². The van der Waals surface area contributed by atoms with Crippen LogP contribution >= 0.6 is 27.5 Å². The number of halogens is 2. The third-order valence-corrected chi connectivity index (χ3v) is 4.61. The lowest BCUT2D eigenvalue weighted by molar-refractivity contribution is -0.115. The van der Waals surface area contributed by atoms with E-state index >= 15 is 0 Å². The zero-order chi connectivity index (χ0) is 15.1. The van der Waals surface area contributed by atoms with Crippen LogP contribution in [0.5, 0.6) is 0 Å². The predicted molar refractivity (Wildman–Crippen MR) is 86.7 cm³/mol. The van der Waals surface area contributed by atoms with Crippen molar-refractivity contribution >= 4 is 39.1 Å². The molecule has 108 valence electrons. The van der Waals surface area contributed by atoms with Gasteiger partial charge in [-0.15, -0.1) is 0 Å². The Morgan fingerprint density at radius 1 is 1.29 bits per heavy atom. The summed E-state index contributed by atoms with van der Waals surface area (Å²) in [5.41, 5.74) is 4.05. The van der Waals surface area contributed by atoms with Gasteiger partial charge < -0.3 is 10.4 Å². The van der Waals surface area contributed by atoms with E-state index in [9.17, 15) is 9.90 Å². The molecule has 5 heteroatoms. The van der Waals surface area contributed by atoms with Crippen LogP contribution in [0.25, 0.3) is 0 Å². The average molecular weight is 367 g/mol. The highest BCUT2D eigenvalue weighted by Gasteiger charge is 2.23. The fourth-order valence-corrected chi connectivity index (χ4v) is 3.48. The molecule has 1 aliphatic rings. The van der Waals surface area contributed by atoms with Crippen LogP contribution in [0, 0.1) is 6.92 Å². The first-order valence-corrected chi connectivity index (χ1v) is 7.69. The van der Waals surface area contributed by atoms with Crippen LogP contribution in [-0.2, 0) is 11.2 Å². The summed E-state index contributed by atoms with van der Waals surface area (Å²) in [6, 6.07) is 9.26. The van der Waals surface area contributed by atoms with Crippen molar-refractivity contribution in [2.75, 3.05) is 5.32 Å². The molecule has 2 N–H and O–H groups in total. The van der Waals surface area contributed by atoms with Gasteiger partial charge in [-0.1, -0.05) is 39.7 Å². The molecule has 0 radical (unpaired) electrons. The van der Waals surface area contributed by atoms with E-state index in [1.165, 1.54) is 0 Å². The maximum atomic E-state index is 11.4. The topological polar surface area (TPSA) is 49.3 Å². The molecular weight excluding hydrogens is 354 g/mol. The minimum absolute atomic E-state index is 0.0516. The zero-order valence-corrected chi connectivity index (χ0v) is 13.6. The van der Waals surface area contributed by atoms with Crippen molar-refractivity contribution in [2.24, 2.45) is 0 Å². The Kier molecular flexibility index (Phi) is 3.78. The van der Waals surface area contributed by atoms with Gasteiger partial charge in [-0.05, 0) is 41.8 Å². The number of nitrogens with one attached hydrogen (secondary N) is 1. The molecule has 1 atom stereocenters. The molecule has 0 saturated carbocycles. The van der Waals surface area contributed by atoms with Crippen LogP contribution < -0.4 is 5.32 Å². The third kappa shape index (κ3) is 2.71. The molecule has 0 spiro atoms. The van der Waals surface area contributed by atoms with Crippen molar-refractivity contribution in [1.29, 1.82) is 0 Å². The monoisotopic (exact) mass is 365 g/mol. The van der Waals surface area contributed by atoms with Gasteiger partial charge in [0, 0.05) is 20.7 Å². The first-order chi connectivity index (χ1) is 9.95. The normalized spacial score (nSPS) is 14.8. The largest absolute Gasteiger partial charge is 0.384 e. The second-order valence-electron chi connectivity index (χ2n) is 5.18. The van der Waals surface area contributed by atoms with Crippen molar-refractivity contribution in [3.05, 3.63) is 62.1 Å². The SMILES string of the molecule is Cc1ccc(C(O)c2cc3c(cc2Cl)NC(=O)C3)c(Br)c1. The number of aliphatic hydroxyl groups excluding tert-OH is 1. The van der Waals surface area contributed by atoms with Crippen molar-refractivity contribution in [1.82, 2.24) is 0 Å².